The Bertz CT molecular complexity index is 1170. The summed E-state index contributed by atoms with van der Waals surface area (Å²) in [5.74, 6) is 1.35. The SMILES string of the molecule is CCCCC(CC)CN1C(=O)c2cccc(N3c4ccccc4Oc4ccccc43)c2C1=O. The zero-order chi connectivity index (χ0) is 22.9. The molecule has 2 aliphatic rings. The Morgan fingerprint density at radius 3 is 2.06 bits per heavy atom. The molecule has 0 aliphatic carbocycles. The Morgan fingerprint density at radius 2 is 1.42 bits per heavy atom. The predicted octanol–water partition coefficient (Wildman–Crippen LogP) is 7.07. The van der Waals surface area contributed by atoms with Crippen molar-refractivity contribution in [1.82, 2.24) is 4.90 Å². The van der Waals surface area contributed by atoms with Gasteiger partial charge in [-0.2, -0.15) is 0 Å². The molecule has 0 aromatic heterocycles. The normalized spacial score (nSPS) is 15.1. The molecular weight excluding hydrogens is 412 g/mol. The van der Waals surface area contributed by atoms with E-state index in [0.29, 0.717) is 40.8 Å². The van der Waals surface area contributed by atoms with Crippen molar-refractivity contribution in [2.75, 3.05) is 11.4 Å². The molecule has 1 atom stereocenters. The third kappa shape index (κ3) is 3.58. The summed E-state index contributed by atoms with van der Waals surface area (Å²) in [4.78, 5) is 30.5. The third-order valence-electron chi connectivity index (χ3n) is 6.63. The number of imide groups is 1. The highest BCUT2D eigenvalue weighted by Crippen LogP contribution is 2.51. The molecule has 0 spiro atoms. The van der Waals surface area contributed by atoms with E-state index in [-0.39, 0.29) is 11.8 Å². The number of nitrogens with zero attached hydrogens (tertiary/aromatic N) is 2. The second-order valence-corrected chi connectivity index (χ2v) is 8.71. The Kier molecular flexibility index (Phi) is 5.63. The number of hydrogen-bond donors (Lipinski definition) is 0. The van der Waals surface area contributed by atoms with Gasteiger partial charge in [0.2, 0.25) is 0 Å². The fourth-order valence-electron chi connectivity index (χ4n) is 4.81. The van der Waals surface area contributed by atoms with E-state index in [4.69, 9.17) is 4.74 Å². The zero-order valence-electron chi connectivity index (χ0n) is 19.1. The number of hydrogen-bond acceptors (Lipinski definition) is 4. The molecular formula is C28H28N2O3. The average molecular weight is 441 g/mol. The highest BCUT2D eigenvalue weighted by Gasteiger charge is 2.40. The molecule has 0 saturated carbocycles. The van der Waals surface area contributed by atoms with Crippen LogP contribution in [0.25, 0.3) is 0 Å². The van der Waals surface area contributed by atoms with Crippen LogP contribution in [-0.2, 0) is 0 Å². The molecule has 33 heavy (non-hydrogen) atoms. The molecule has 5 rings (SSSR count). The fraction of sp³-hybridized carbons (Fsp3) is 0.286. The molecule has 2 heterocycles. The lowest BCUT2D eigenvalue weighted by Gasteiger charge is -2.33. The van der Waals surface area contributed by atoms with Crippen molar-refractivity contribution in [1.29, 1.82) is 0 Å². The molecule has 0 bridgehead atoms. The van der Waals surface area contributed by atoms with Crippen LogP contribution < -0.4 is 9.64 Å². The fourth-order valence-corrected chi connectivity index (χ4v) is 4.81. The number of rotatable bonds is 7. The standard InChI is InChI=1S/C28H28N2O3/c1-3-5-11-19(4-2)18-29-27(31)20-12-10-15-23(26(20)28(29)32)30-21-13-6-8-16-24(21)33-25-17-9-7-14-22(25)30/h6-10,12-17,19H,3-5,11,18H2,1-2H3. The van der Waals surface area contributed by atoms with E-state index in [2.05, 4.69) is 13.8 Å². The van der Waals surface area contributed by atoms with Gasteiger partial charge in [0.1, 0.15) is 0 Å². The van der Waals surface area contributed by atoms with Gasteiger partial charge in [-0.3, -0.25) is 14.5 Å². The lowest BCUT2D eigenvalue weighted by Crippen LogP contribution is -2.34. The summed E-state index contributed by atoms with van der Waals surface area (Å²) in [6, 6.07) is 21.1. The first-order valence-electron chi connectivity index (χ1n) is 11.8. The minimum absolute atomic E-state index is 0.193. The van der Waals surface area contributed by atoms with Crippen LogP contribution in [0.5, 0.6) is 11.5 Å². The van der Waals surface area contributed by atoms with Crippen molar-refractivity contribution >= 4 is 28.9 Å². The topological polar surface area (TPSA) is 49.9 Å². The van der Waals surface area contributed by atoms with E-state index in [1.54, 1.807) is 6.07 Å². The molecule has 168 valence electrons. The maximum atomic E-state index is 13.7. The van der Waals surface area contributed by atoms with Crippen molar-refractivity contribution in [3.63, 3.8) is 0 Å². The van der Waals surface area contributed by atoms with Gasteiger partial charge >= 0.3 is 0 Å². The summed E-state index contributed by atoms with van der Waals surface area (Å²) >= 11 is 0. The van der Waals surface area contributed by atoms with Gasteiger partial charge in [-0.05, 0) is 48.7 Å². The van der Waals surface area contributed by atoms with E-state index in [9.17, 15) is 9.59 Å². The van der Waals surface area contributed by atoms with Crippen molar-refractivity contribution < 1.29 is 14.3 Å². The molecule has 3 aromatic carbocycles. The number of anilines is 3. The Hall–Kier alpha value is -3.60. The van der Waals surface area contributed by atoms with Crippen molar-refractivity contribution in [3.8, 4) is 11.5 Å². The van der Waals surface area contributed by atoms with Gasteiger partial charge in [-0.25, -0.2) is 0 Å². The second-order valence-electron chi connectivity index (χ2n) is 8.71. The van der Waals surface area contributed by atoms with Gasteiger partial charge in [0.15, 0.2) is 11.5 Å². The molecule has 0 radical (unpaired) electrons. The Balaban J connectivity index is 1.59. The highest BCUT2D eigenvalue weighted by molar-refractivity contribution is 6.24. The number of benzene rings is 3. The molecule has 2 aliphatic heterocycles. The zero-order valence-corrected chi connectivity index (χ0v) is 19.1. The molecule has 0 fully saturated rings. The third-order valence-corrected chi connectivity index (χ3v) is 6.63. The number of amides is 2. The van der Waals surface area contributed by atoms with E-state index in [1.165, 1.54) is 4.90 Å². The van der Waals surface area contributed by atoms with E-state index in [0.717, 1.165) is 37.1 Å². The smallest absolute Gasteiger partial charge is 0.263 e. The van der Waals surface area contributed by atoms with Crippen LogP contribution in [0.15, 0.2) is 66.7 Å². The van der Waals surface area contributed by atoms with Crippen LogP contribution in [0.3, 0.4) is 0 Å². The number of ether oxygens (including phenoxy) is 1. The van der Waals surface area contributed by atoms with Crippen molar-refractivity contribution in [3.05, 3.63) is 77.9 Å². The van der Waals surface area contributed by atoms with Crippen LogP contribution in [0.1, 0.15) is 60.2 Å². The molecule has 5 nitrogen and oxygen atoms in total. The summed E-state index contributed by atoms with van der Waals surface area (Å²) in [6.45, 7) is 4.77. The quantitative estimate of drug-likeness (QED) is 0.288. The van der Waals surface area contributed by atoms with Crippen LogP contribution in [0.2, 0.25) is 0 Å². The summed E-state index contributed by atoms with van der Waals surface area (Å²) in [5.41, 5.74) is 3.34. The van der Waals surface area contributed by atoms with E-state index >= 15 is 0 Å². The summed E-state index contributed by atoms with van der Waals surface area (Å²) in [6.07, 6.45) is 4.19. The molecule has 0 saturated heterocycles. The number of carbonyl (C=O) groups is 2. The molecule has 3 aromatic rings. The largest absolute Gasteiger partial charge is 0.453 e. The van der Waals surface area contributed by atoms with Crippen LogP contribution >= 0.6 is 0 Å². The van der Waals surface area contributed by atoms with Gasteiger partial charge in [0, 0.05) is 6.54 Å². The number of carbonyl (C=O) groups excluding carboxylic acids is 2. The minimum Gasteiger partial charge on any atom is -0.453 e. The maximum Gasteiger partial charge on any atom is 0.263 e. The van der Waals surface area contributed by atoms with Gasteiger partial charge in [0.05, 0.1) is 28.2 Å². The summed E-state index contributed by atoms with van der Waals surface area (Å²) in [7, 11) is 0. The molecule has 5 heteroatoms. The van der Waals surface area contributed by atoms with E-state index < -0.39 is 0 Å². The second kappa shape index (κ2) is 8.74. The van der Waals surface area contributed by atoms with Gasteiger partial charge in [0.25, 0.3) is 11.8 Å². The molecule has 1 unspecified atom stereocenters. The number of para-hydroxylation sites is 4. The molecule has 2 amide bonds. The lowest BCUT2D eigenvalue weighted by molar-refractivity contribution is 0.0624. The first kappa shape index (κ1) is 21.3. The van der Waals surface area contributed by atoms with Crippen LogP contribution in [0, 0.1) is 5.92 Å². The van der Waals surface area contributed by atoms with Gasteiger partial charge in [-0.15, -0.1) is 0 Å². The number of unbranched alkanes of at least 4 members (excludes halogenated alkanes) is 1. The van der Waals surface area contributed by atoms with Gasteiger partial charge in [-0.1, -0.05) is 63.4 Å². The Morgan fingerprint density at radius 1 is 0.788 bits per heavy atom. The molecule has 0 N–H and O–H groups in total. The number of fused-ring (bicyclic) bond motifs is 3. The summed E-state index contributed by atoms with van der Waals surface area (Å²) in [5, 5.41) is 0. The lowest BCUT2D eigenvalue weighted by atomic mass is 9.99. The van der Waals surface area contributed by atoms with Crippen LogP contribution in [0.4, 0.5) is 17.1 Å². The highest BCUT2D eigenvalue weighted by atomic mass is 16.5. The minimum atomic E-state index is -0.206. The van der Waals surface area contributed by atoms with Crippen LogP contribution in [-0.4, -0.2) is 23.3 Å². The predicted molar refractivity (Wildman–Crippen MR) is 130 cm³/mol. The monoisotopic (exact) mass is 440 g/mol. The van der Waals surface area contributed by atoms with E-state index in [1.807, 2.05) is 65.6 Å². The van der Waals surface area contributed by atoms with Crippen molar-refractivity contribution in [2.24, 2.45) is 5.92 Å². The van der Waals surface area contributed by atoms with Crippen molar-refractivity contribution in [2.45, 2.75) is 39.5 Å². The van der Waals surface area contributed by atoms with Gasteiger partial charge < -0.3 is 9.64 Å². The average Bonchev–Trinajstić information content (AvgIpc) is 3.09. The Labute approximate surface area is 194 Å². The first-order valence-corrected chi connectivity index (χ1v) is 11.8. The maximum absolute atomic E-state index is 13.7. The first-order chi connectivity index (χ1) is 16.1. The summed E-state index contributed by atoms with van der Waals surface area (Å²) < 4.78 is 6.12.